The van der Waals surface area contributed by atoms with E-state index in [1.54, 1.807) is 0 Å². The van der Waals surface area contributed by atoms with Gasteiger partial charge in [-0.3, -0.25) is 4.79 Å². The quantitative estimate of drug-likeness (QED) is 0.566. The maximum absolute atomic E-state index is 12.9. The van der Waals surface area contributed by atoms with Crippen LogP contribution in [0.2, 0.25) is 10.0 Å². The Kier molecular flexibility index (Phi) is 5.97. The van der Waals surface area contributed by atoms with Crippen LogP contribution in [0.4, 0.5) is 0 Å². The minimum Gasteiger partial charge on any atom is -0.468 e. The van der Waals surface area contributed by atoms with E-state index < -0.39 is 28.1 Å². The Morgan fingerprint density at radius 3 is 2.70 bits per heavy atom. The van der Waals surface area contributed by atoms with Crippen LogP contribution < -0.4 is 0 Å². The van der Waals surface area contributed by atoms with Crippen molar-refractivity contribution < 1.29 is 23.1 Å². The average molecular weight is 447 g/mol. The van der Waals surface area contributed by atoms with Gasteiger partial charge in [-0.05, 0) is 12.1 Å². The van der Waals surface area contributed by atoms with Crippen LogP contribution in [0.25, 0.3) is 0 Å². The number of rotatable bonds is 4. The molecule has 1 aromatic rings. The van der Waals surface area contributed by atoms with Gasteiger partial charge in [0.25, 0.3) is 0 Å². The summed E-state index contributed by atoms with van der Waals surface area (Å²) in [7, 11) is -2.93. The largest absolute Gasteiger partial charge is 0.468 e. The summed E-state index contributed by atoms with van der Waals surface area (Å²) in [6, 6.07) is 1.63. The molecule has 2 atom stereocenters. The fourth-order valence-electron chi connectivity index (χ4n) is 2.42. The number of alkyl halides is 1. The molecule has 0 aliphatic carbocycles. The van der Waals surface area contributed by atoms with Crippen LogP contribution in [0.3, 0.4) is 0 Å². The number of ether oxygens (including phenoxy) is 1. The molecule has 0 unspecified atom stereocenters. The van der Waals surface area contributed by atoms with Gasteiger partial charge in [0.05, 0.1) is 18.2 Å². The third kappa shape index (κ3) is 3.52. The fraction of sp³-hybridized carbons (Fsp3) is 0.462. The third-order valence-electron chi connectivity index (χ3n) is 3.58. The molecule has 1 aliphatic rings. The summed E-state index contributed by atoms with van der Waals surface area (Å²) in [5.74, 6) is -0.726. The zero-order chi connectivity index (χ0) is 17.4. The zero-order valence-corrected chi connectivity index (χ0v) is 15.9. The van der Waals surface area contributed by atoms with Crippen LogP contribution in [0.5, 0.6) is 0 Å². The van der Waals surface area contributed by atoms with Gasteiger partial charge in [-0.15, -0.1) is 0 Å². The van der Waals surface area contributed by atoms with Crippen LogP contribution in [-0.2, 0) is 24.9 Å². The highest BCUT2D eigenvalue weighted by atomic mass is 79.9. The van der Waals surface area contributed by atoms with Crippen molar-refractivity contribution in [1.82, 2.24) is 4.31 Å². The van der Waals surface area contributed by atoms with Gasteiger partial charge in [0.15, 0.2) is 0 Å². The van der Waals surface area contributed by atoms with Gasteiger partial charge >= 0.3 is 5.97 Å². The molecule has 0 spiro atoms. The highest BCUT2D eigenvalue weighted by Gasteiger charge is 2.44. The van der Waals surface area contributed by atoms with Gasteiger partial charge < -0.3 is 9.84 Å². The Bertz CT molecular complexity index is 727. The maximum Gasteiger partial charge on any atom is 0.324 e. The van der Waals surface area contributed by atoms with Gasteiger partial charge in [0.1, 0.15) is 10.9 Å². The summed E-state index contributed by atoms with van der Waals surface area (Å²) in [5, 5.41) is 10.4. The van der Waals surface area contributed by atoms with E-state index in [4.69, 9.17) is 23.2 Å². The summed E-state index contributed by atoms with van der Waals surface area (Å²) in [6.45, 7) is -0.204. The Hall–Kier alpha value is -0.380. The molecule has 1 aliphatic heterocycles. The number of methoxy groups -OCH3 is 1. The standard InChI is InChI=1S/C13H14BrCl2NO5S/c1-22-13(19)10-4-7(18)6-17(10)23(20,21)11-3-2-9(15)8(5-14)12(11)16/h2-3,7,10,18H,4-6H2,1H3/t7-,10+/m1/s1. The summed E-state index contributed by atoms with van der Waals surface area (Å²) in [4.78, 5) is 11.6. The zero-order valence-electron chi connectivity index (χ0n) is 12.0. The Balaban J connectivity index is 2.52. The normalized spacial score (nSPS) is 22.3. The topological polar surface area (TPSA) is 83.9 Å². The highest BCUT2D eigenvalue weighted by Crippen LogP contribution is 2.36. The first kappa shape index (κ1) is 19.0. The lowest BCUT2D eigenvalue weighted by atomic mass is 10.2. The van der Waals surface area contributed by atoms with Gasteiger partial charge in [0.2, 0.25) is 10.0 Å². The second-order valence-corrected chi connectivity index (χ2v) is 8.18. The number of halogens is 3. The van der Waals surface area contributed by atoms with Crippen LogP contribution in [0, 0.1) is 0 Å². The minimum atomic E-state index is -4.09. The molecule has 1 heterocycles. The second kappa shape index (κ2) is 7.25. The lowest BCUT2D eigenvalue weighted by molar-refractivity contribution is -0.144. The number of β-amino-alcohol motifs (C(OH)–C–C–N with tert-alkyl or cyclic N) is 1. The number of carbonyl (C=O) groups excluding carboxylic acids is 1. The van der Waals surface area contributed by atoms with Gasteiger partial charge in [-0.1, -0.05) is 39.1 Å². The first-order valence-electron chi connectivity index (χ1n) is 6.54. The number of nitrogens with zero attached hydrogens (tertiary/aromatic N) is 1. The average Bonchev–Trinajstić information content (AvgIpc) is 2.89. The number of sulfonamides is 1. The summed E-state index contributed by atoms with van der Waals surface area (Å²) < 4.78 is 31.3. The van der Waals surface area contributed by atoms with E-state index in [0.29, 0.717) is 10.6 Å². The molecule has 0 radical (unpaired) electrons. The van der Waals surface area contributed by atoms with Crippen LogP contribution in [0.1, 0.15) is 12.0 Å². The fourth-order valence-corrected chi connectivity index (χ4v) is 5.84. The SMILES string of the molecule is COC(=O)[C@@H]1C[C@@H](O)CN1S(=O)(=O)c1ccc(Cl)c(CBr)c1Cl. The third-order valence-corrected chi connectivity index (χ3v) is 6.95. The van der Waals surface area contributed by atoms with Gasteiger partial charge in [-0.2, -0.15) is 4.31 Å². The van der Waals surface area contributed by atoms with Crippen molar-refractivity contribution in [2.24, 2.45) is 0 Å². The van der Waals surface area contributed by atoms with E-state index in [1.807, 2.05) is 0 Å². The molecule has 0 amide bonds. The van der Waals surface area contributed by atoms with E-state index in [9.17, 15) is 18.3 Å². The first-order valence-corrected chi connectivity index (χ1v) is 9.86. The van der Waals surface area contributed by atoms with E-state index in [-0.39, 0.29) is 28.2 Å². The van der Waals surface area contributed by atoms with Crippen molar-refractivity contribution in [3.63, 3.8) is 0 Å². The van der Waals surface area contributed by atoms with Crippen molar-refractivity contribution >= 4 is 55.1 Å². The smallest absolute Gasteiger partial charge is 0.324 e. The number of aliphatic hydroxyl groups excluding tert-OH is 1. The maximum atomic E-state index is 12.9. The monoisotopic (exact) mass is 445 g/mol. The molecule has 1 saturated heterocycles. The molecule has 128 valence electrons. The number of hydrogen-bond donors (Lipinski definition) is 1. The summed E-state index contributed by atoms with van der Waals surface area (Å²) in [6.07, 6.45) is -0.974. The molecule has 6 nitrogen and oxygen atoms in total. The van der Waals surface area contributed by atoms with Crippen molar-refractivity contribution in [2.75, 3.05) is 13.7 Å². The predicted molar refractivity (Wildman–Crippen MR) is 89.4 cm³/mol. The second-order valence-electron chi connectivity index (χ2n) is 4.97. The van der Waals surface area contributed by atoms with Crippen LogP contribution in [-0.4, -0.2) is 49.6 Å². The molecule has 1 fully saturated rings. The molecule has 0 saturated carbocycles. The molecule has 10 heteroatoms. The molecular weight excluding hydrogens is 433 g/mol. The molecule has 23 heavy (non-hydrogen) atoms. The minimum absolute atomic E-state index is 0.0145. The van der Waals surface area contributed by atoms with Crippen molar-refractivity contribution in [1.29, 1.82) is 0 Å². The number of hydrogen-bond acceptors (Lipinski definition) is 5. The number of carbonyl (C=O) groups is 1. The van der Waals surface area contributed by atoms with E-state index in [2.05, 4.69) is 20.7 Å². The Morgan fingerprint density at radius 1 is 1.48 bits per heavy atom. The number of benzene rings is 1. The molecular formula is C13H14BrCl2NO5S. The Morgan fingerprint density at radius 2 is 2.13 bits per heavy atom. The lowest BCUT2D eigenvalue weighted by Crippen LogP contribution is -2.41. The summed E-state index contributed by atoms with van der Waals surface area (Å²) >= 11 is 15.4. The summed E-state index contributed by atoms with van der Waals surface area (Å²) in [5.41, 5.74) is 0.434. The van der Waals surface area contributed by atoms with Gasteiger partial charge in [-0.25, -0.2) is 8.42 Å². The van der Waals surface area contributed by atoms with Crippen molar-refractivity contribution in [3.05, 3.63) is 27.7 Å². The van der Waals surface area contributed by atoms with Crippen molar-refractivity contribution in [2.45, 2.75) is 28.8 Å². The predicted octanol–water partition coefficient (Wildman–Crippen LogP) is 2.19. The van der Waals surface area contributed by atoms with E-state index in [0.717, 1.165) is 11.4 Å². The van der Waals surface area contributed by atoms with Crippen molar-refractivity contribution in [3.8, 4) is 0 Å². The van der Waals surface area contributed by atoms with Crippen LogP contribution in [0.15, 0.2) is 17.0 Å². The molecule has 0 aromatic heterocycles. The number of aliphatic hydroxyl groups is 1. The molecule has 0 bridgehead atoms. The van der Waals surface area contributed by atoms with E-state index >= 15 is 0 Å². The molecule has 2 rings (SSSR count). The first-order chi connectivity index (χ1) is 10.7. The van der Waals surface area contributed by atoms with E-state index in [1.165, 1.54) is 12.1 Å². The highest BCUT2D eigenvalue weighted by molar-refractivity contribution is 9.08. The Labute approximate surface area is 152 Å². The molecule has 1 N–H and O–H groups in total. The van der Waals surface area contributed by atoms with Crippen LogP contribution >= 0.6 is 39.1 Å². The lowest BCUT2D eigenvalue weighted by Gasteiger charge is -2.23. The number of esters is 1. The molecule has 1 aromatic carbocycles. The van der Waals surface area contributed by atoms with Gasteiger partial charge in [0, 0.05) is 28.9 Å².